The molecule has 1 rings (SSSR count). The molecule has 0 saturated heterocycles. The van der Waals surface area contributed by atoms with Gasteiger partial charge in [0.15, 0.2) is 11.6 Å². The van der Waals surface area contributed by atoms with Crippen molar-refractivity contribution in [2.75, 3.05) is 11.9 Å². The van der Waals surface area contributed by atoms with Gasteiger partial charge in [-0.2, -0.15) is 0 Å². The summed E-state index contributed by atoms with van der Waals surface area (Å²) in [5, 5.41) is 12.1. The molecule has 0 unspecified atom stereocenters. The molecule has 0 amide bonds. The summed E-state index contributed by atoms with van der Waals surface area (Å²) < 4.78 is 12.9. The summed E-state index contributed by atoms with van der Waals surface area (Å²) in [5.41, 5.74) is 0.724. The van der Waals surface area contributed by atoms with E-state index in [0.29, 0.717) is 0 Å². The maximum Gasteiger partial charge on any atom is 0.166 e. The monoisotopic (exact) mass is 211 g/mol. The number of rotatable bonds is 6. The Kier molecular flexibility index (Phi) is 4.95. The highest BCUT2D eigenvalue weighted by molar-refractivity contribution is 5.46. The molecule has 1 aromatic carbocycles. The maximum atomic E-state index is 12.9. The molecule has 2 nitrogen and oxygen atoms in total. The summed E-state index contributed by atoms with van der Waals surface area (Å²) in [6, 6.07) is 4.36. The second kappa shape index (κ2) is 6.27. The van der Waals surface area contributed by atoms with Crippen molar-refractivity contribution in [2.24, 2.45) is 0 Å². The van der Waals surface area contributed by atoms with Crippen LogP contribution in [-0.4, -0.2) is 11.7 Å². The van der Waals surface area contributed by atoms with E-state index in [9.17, 15) is 4.39 Å². The fourth-order valence-corrected chi connectivity index (χ4v) is 1.40. The average molecular weight is 211 g/mol. The molecule has 2 N–H and O–H groups in total. The lowest BCUT2D eigenvalue weighted by Crippen LogP contribution is -2.01. The SMILES string of the molecule is CCCCCCNc1ccc(O)c(F)c1. The van der Waals surface area contributed by atoms with E-state index in [-0.39, 0.29) is 5.75 Å². The molecule has 0 radical (unpaired) electrons. The maximum absolute atomic E-state index is 12.9. The first-order chi connectivity index (χ1) is 7.24. The van der Waals surface area contributed by atoms with E-state index in [1.165, 1.54) is 31.4 Å². The molecule has 0 bridgehead atoms. The molecule has 0 fully saturated rings. The van der Waals surface area contributed by atoms with Gasteiger partial charge in [-0.3, -0.25) is 0 Å². The average Bonchev–Trinajstić information content (AvgIpc) is 2.23. The summed E-state index contributed by atoms with van der Waals surface area (Å²) in [4.78, 5) is 0. The van der Waals surface area contributed by atoms with Gasteiger partial charge in [0.05, 0.1) is 0 Å². The van der Waals surface area contributed by atoms with Crippen LogP contribution in [0.4, 0.5) is 10.1 Å². The van der Waals surface area contributed by atoms with Crippen LogP contribution >= 0.6 is 0 Å². The van der Waals surface area contributed by atoms with E-state index in [2.05, 4.69) is 12.2 Å². The van der Waals surface area contributed by atoms with E-state index >= 15 is 0 Å². The Hall–Kier alpha value is -1.25. The van der Waals surface area contributed by atoms with E-state index in [1.54, 1.807) is 6.07 Å². The molecule has 84 valence electrons. The number of aromatic hydroxyl groups is 1. The van der Waals surface area contributed by atoms with E-state index in [1.807, 2.05) is 0 Å². The Labute approximate surface area is 90.1 Å². The second-order valence-electron chi connectivity index (χ2n) is 3.65. The number of phenolic OH excluding ortho intramolecular Hbond substituents is 1. The largest absolute Gasteiger partial charge is 0.505 e. The zero-order chi connectivity index (χ0) is 11.1. The Morgan fingerprint density at radius 2 is 2.07 bits per heavy atom. The van der Waals surface area contributed by atoms with Gasteiger partial charge in [0.2, 0.25) is 0 Å². The molecule has 0 saturated carbocycles. The van der Waals surface area contributed by atoms with Gasteiger partial charge >= 0.3 is 0 Å². The molecular weight excluding hydrogens is 193 g/mol. The minimum Gasteiger partial charge on any atom is -0.505 e. The standard InChI is InChI=1S/C12H18FNO/c1-2-3-4-5-8-14-10-6-7-12(15)11(13)9-10/h6-7,9,14-15H,2-5,8H2,1H3. The molecule has 1 aromatic rings. The highest BCUT2D eigenvalue weighted by atomic mass is 19.1. The van der Waals surface area contributed by atoms with Crippen LogP contribution in [0.3, 0.4) is 0 Å². The van der Waals surface area contributed by atoms with Crippen LogP contribution < -0.4 is 5.32 Å². The minimum atomic E-state index is -0.575. The number of hydrogen-bond donors (Lipinski definition) is 2. The van der Waals surface area contributed by atoms with Gasteiger partial charge in [0.1, 0.15) is 0 Å². The first-order valence-electron chi connectivity index (χ1n) is 5.46. The third-order valence-electron chi connectivity index (χ3n) is 2.31. The lowest BCUT2D eigenvalue weighted by atomic mass is 10.2. The molecule has 0 atom stereocenters. The van der Waals surface area contributed by atoms with Crippen molar-refractivity contribution in [3.63, 3.8) is 0 Å². The molecular formula is C12H18FNO. The minimum absolute atomic E-state index is 0.300. The van der Waals surface area contributed by atoms with Crippen molar-refractivity contribution < 1.29 is 9.50 Å². The number of benzene rings is 1. The van der Waals surface area contributed by atoms with Crippen LogP contribution in [0.1, 0.15) is 32.6 Å². The van der Waals surface area contributed by atoms with Gasteiger partial charge in [0.25, 0.3) is 0 Å². The van der Waals surface area contributed by atoms with Crippen molar-refractivity contribution in [3.8, 4) is 5.75 Å². The predicted molar refractivity (Wildman–Crippen MR) is 60.7 cm³/mol. The molecule has 15 heavy (non-hydrogen) atoms. The third kappa shape index (κ3) is 4.19. The fraction of sp³-hybridized carbons (Fsp3) is 0.500. The lowest BCUT2D eigenvalue weighted by molar-refractivity contribution is 0.432. The highest BCUT2D eigenvalue weighted by Gasteiger charge is 2.00. The van der Waals surface area contributed by atoms with Crippen LogP contribution in [-0.2, 0) is 0 Å². The zero-order valence-electron chi connectivity index (χ0n) is 9.09. The Balaban J connectivity index is 2.28. The second-order valence-corrected chi connectivity index (χ2v) is 3.65. The summed E-state index contributed by atoms with van der Waals surface area (Å²) in [6.07, 6.45) is 4.75. The van der Waals surface area contributed by atoms with Crippen molar-refractivity contribution in [2.45, 2.75) is 32.6 Å². The molecule has 0 heterocycles. The summed E-state index contributed by atoms with van der Waals surface area (Å²) in [6.45, 7) is 3.02. The number of hydrogen-bond acceptors (Lipinski definition) is 2. The first kappa shape index (κ1) is 11.8. The summed E-state index contributed by atoms with van der Waals surface area (Å²) >= 11 is 0. The number of nitrogens with one attached hydrogen (secondary N) is 1. The number of phenols is 1. The Morgan fingerprint density at radius 1 is 1.27 bits per heavy atom. The Morgan fingerprint density at radius 3 is 2.73 bits per heavy atom. The highest BCUT2D eigenvalue weighted by Crippen LogP contribution is 2.19. The predicted octanol–water partition coefficient (Wildman–Crippen LogP) is 3.52. The van der Waals surface area contributed by atoms with E-state index < -0.39 is 5.82 Å². The van der Waals surface area contributed by atoms with Crippen LogP contribution in [0.2, 0.25) is 0 Å². The van der Waals surface area contributed by atoms with Crippen LogP contribution in [0, 0.1) is 5.82 Å². The van der Waals surface area contributed by atoms with Crippen LogP contribution in [0.25, 0.3) is 0 Å². The molecule has 0 aromatic heterocycles. The van der Waals surface area contributed by atoms with Gasteiger partial charge in [-0.15, -0.1) is 0 Å². The van der Waals surface area contributed by atoms with Crippen LogP contribution in [0.5, 0.6) is 5.75 Å². The summed E-state index contributed by atoms with van der Waals surface area (Å²) in [5.74, 6) is -0.875. The molecule has 0 aliphatic heterocycles. The molecule has 3 heteroatoms. The molecule has 0 aliphatic carbocycles. The topological polar surface area (TPSA) is 32.3 Å². The van der Waals surface area contributed by atoms with E-state index in [0.717, 1.165) is 18.7 Å². The summed E-state index contributed by atoms with van der Waals surface area (Å²) in [7, 11) is 0. The smallest absolute Gasteiger partial charge is 0.166 e. The van der Waals surface area contributed by atoms with Gasteiger partial charge in [-0.05, 0) is 18.6 Å². The van der Waals surface area contributed by atoms with Crippen molar-refractivity contribution in [1.82, 2.24) is 0 Å². The molecule has 0 spiro atoms. The third-order valence-corrected chi connectivity index (χ3v) is 2.31. The lowest BCUT2D eigenvalue weighted by Gasteiger charge is -2.06. The zero-order valence-corrected chi connectivity index (χ0v) is 9.09. The first-order valence-corrected chi connectivity index (χ1v) is 5.46. The fourth-order valence-electron chi connectivity index (χ4n) is 1.40. The van der Waals surface area contributed by atoms with Crippen molar-refractivity contribution in [1.29, 1.82) is 0 Å². The van der Waals surface area contributed by atoms with Crippen molar-refractivity contribution in [3.05, 3.63) is 24.0 Å². The van der Waals surface area contributed by atoms with E-state index in [4.69, 9.17) is 5.11 Å². The van der Waals surface area contributed by atoms with Gasteiger partial charge < -0.3 is 10.4 Å². The van der Waals surface area contributed by atoms with Crippen LogP contribution in [0.15, 0.2) is 18.2 Å². The normalized spacial score (nSPS) is 10.3. The van der Waals surface area contributed by atoms with Gasteiger partial charge in [-0.1, -0.05) is 26.2 Å². The number of unbranched alkanes of at least 4 members (excludes halogenated alkanes) is 3. The quantitative estimate of drug-likeness (QED) is 0.557. The Bertz CT molecular complexity index is 302. The number of anilines is 1. The van der Waals surface area contributed by atoms with Gasteiger partial charge in [-0.25, -0.2) is 4.39 Å². The molecule has 0 aliphatic rings. The van der Waals surface area contributed by atoms with Crippen molar-refractivity contribution >= 4 is 5.69 Å². The van der Waals surface area contributed by atoms with Gasteiger partial charge in [0, 0.05) is 18.3 Å². The number of halogens is 1.